The highest BCUT2D eigenvalue weighted by molar-refractivity contribution is 6.73. The van der Waals surface area contributed by atoms with Gasteiger partial charge in [-0.15, -0.1) is 0 Å². The molecule has 0 aromatic heterocycles. The Balaban J connectivity index is 0.000000230. The second-order valence-corrected chi connectivity index (χ2v) is 34.2. The number of aliphatic hydroxyl groups is 5. The minimum absolute atomic E-state index is 0.0700. The maximum atomic E-state index is 14.3. The topological polar surface area (TPSA) is 339 Å². The number of hydrogen-bond donors (Lipinski definition) is 5. The van der Waals surface area contributed by atoms with E-state index >= 15 is 0 Å². The van der Waals surface area contributed by atoms with Gasteiger partial charge in [0.05, 0.1) is 48.4 Å². The van der Waals surface area contributed by atoms with Gasteiger partial charge in [0.25, 0.3) is 0 Å². The van der Waals surface area contributed by atoms with Gasteiger partial charge < -0.3 is 77.3 Å². The molecule has 6 fully saturated rings. The van der Waals surface area contributed by atoms with E-state index in [2.05, 4.69) is 20.8 Å². The summed E-state index contributed by atoms with van der Waals surface area (Å²) in [6.45, 7) is 26.9. The van der Waals surface area contributed by atoms with Crippen LogP contribution in [0.5, 0.6) is 0 Å². The summed E-state index contributed by atoms with van der Waals surface area (Å²) < 4.78 is 67.9. The Morgan fingerprint density at radius 3 is 1.18 bits per heavy atom. The maximum absolute atomic E-state index is 14.3. The lowest BCUT2D eigenvalue weighted by atomic mass is 9.44. The van der Waals surface area contributed by atoms with E-state index in [0.29, 0.717) is 16.7 Å². The molecule has 2 saturated heterocycles. The Morgan fingerprint density at radius 2 is 0.845 bits per heavy atom. The summed E-state index contributed by atoms with van der Waals surface area (Å²) >= 11 is 0. The highest BCUT2D eigenvalue weighted by Crippen LogP contribution is 2.68. The van der Waals surface area contributed by atoms with Crippen LogP contribution in [0.4, 0.5) is 0 Å². The molecule has 10 rings (SSSR count). The maximum Gasteiger partial charge on any atom is 0.338 e. The average Bonchev–Trinajstić information content (AvgIpc) is 0.675. The number of rotatable bonds is 15. The molecule has 534 valence electrons. The Morgan fingerprint density at radius 1 is 0.495 bits per heavy atom. The summed E-state index contributed by atoms with van der Waals surface area (Å²) in [7, 11) is -2.47. The number of aliphatic hydroxyl groups excluding tert-OH is 3. The molecule has 0 spiro atoms. The molecule has 2 aromatic rings. The first-order valence-corrected chi connectivity index (χ1v) is 36.1. The fourth-order valence-corrected chi connectivity index (χ4v) is 21.3. The lowest BCUT2D eigenvalue weighted by Gasteiger charge is -2.70. The van der Waals surface area contributed by atoms with Crippen LogP contribution >= 0.6 is 0 Å². The van der Waals surface area contributed by atoms with Crippen molar-refractivity contribution in [1.82, 2.24) is 0 Å². The van der Waals surface area contributed by atoms with E-state index in [-0.39, 0.29) is 55.6 Å². The molecule has 25 heteroatoms. The van der Waals surface area contributed by atoms with E-state index in [0.717, 1.165) is 18.1 Å². The van der Waals surface area contributed by atoms with Crippen LogP contribution in [0.3, 0.4) is 0 Å². The zero-order valence-corrected chi connectivity index (χ0v) is 59.7. The second-order valence-electron chi connectivity index (χ2n) is 29.5. The molecule has 5 N–H and O–H groups in total. The van der Waals surface area contributed by atoms with Crippen LogP contribution in [0, 0.1) is 33.5 Å². The third-order valence-electron chi connectivity index (χ3n) is 23.7. The van der Waals surface area contributed by atoms with Crippen molar-refractivity contribution >= 4 is 56.1 Å². The molecular weight excluding hydrogens is 1280 g/mol. The van der Waals surface area contributed by atoms with Crippen molar-refractivity contribution in [1.29, 1.82) is 0 Å². The third kappa shape index (κ3) is 12.2. The molecule has 8 aliphatic rings. The first-order chi connectivity index (χ1) is 45.2. The highest BCUT2D eigenvalue weighted by Gasteiger charge is 2.81. The third-order valence-corrected chi connectivity index (χ3v) is 28.4. The Kier molecular flexibility index (Phi) is 20.8. The van der Waals surface area contributed by atoms with Crippen molar-refractivity contribution in [3.05, 3.63) is 94.1 Å². The van der Waals surface area contributed by atoms with Crippen LogP contribution in [0.15, 0.2) is 83.0 Å². The van der Waals surface area contributed by atoms with E-state index in [1.165, 1.54) is 53.7 Å². The van der Waals surface area contributed by atoms with Crippen LogP contribution in [0.1, 0.15) is 164 Å². The van der Waals surface area contributed by atoms with Crippen LogP contribution in [0.25, 0.3) is 0 Å². The van der Waals surface area contributed by atoms with Crippen molar-refractivity contribution in [2.75, 3.05) is 13.2 Å². The molecule has 6 aliphatic carbocycles. The zero-order chi connectivity index (χ0) is 71.9. The standard InChI is InChI=1S/C39H56O12Si.C33H42O12/c1-11-52(12-2,13-3)51-28-19-29-38(21-46-29,50-25(7)42)32-34(49-35(44)26-17-15-14-16-18-26)39(45)20-27(47-23(5)40)22(4)30(36(39,8)9)31(48-24(6)41)33(43)37(28,32)10;1-16-21(42-17(2)34)14-33(40)28(44-29(39)20-11-9-8-10-12-20)26-31(7,22(37)13-23-32(26,15-41-23)45-19(4)36)27(38)25(43-18(3)35)24(16)30(33,5)6/h14-18,27-29,31-34,43,45H,11-13,19-21H2,1-10H3;8-12,21-23,25-28,37-38,40H,13-15H2,1-7H3/t27?,28?,29?,31?,32?,33?,34?,37-,38+,39?;21?,22?,23?,25?,26?,27?,28?,31-,32+,33?/m11/s1. The molecule has 0 radical (unpaired) electrons. The van der Waals surface area contributed by atoms with Gasteiger partial charge in [-0.1, -0.05) is 98.7 Å². The fraction of sp³-hybridized carbons (Fsp3) is 0.667. The fourth-order valence-electron chi connectivity index (χ4n) is 18.4. The molecule has 0 amide bonds. The van der Waals surface area contributed by atoms with Gasteiger partial charge in [0.1, 0.15) is 60.0 Å². The number of esters is 8. The summed E-state index contributed by atoms with van der Waals surface area (Å²) in [6.07, 6.45) is -15.4. The molecule has 24 nitrogen and oxygen atoms in total. The van der Waals surface area contributed by atoms with E-state index in [1.807, 2.05) is 0 Å². The SMILES string of the molecule is CC(=O)OC1CC2(O)C(OC(=O)c3ccccc3)C3[C@]4(OC(C)=O)COC4CC(O)[C@@]3(C)C(O)C(OC(C)=O)C(=C1C)C2(C)C.CC[Si](CC)(CC)OC1CC2OC[C@@]2(OC(C)=O)C2C(OC(=O)c3ccccc3)C3(O)CC(OC(C)=O)C(C)=C(C(OC(C)=O)C(O)[C@]12C)C3(C)C. The summed E-state index contributed by atoms with van der Waals surface area (Å²) in [5.41, 5.74) is -11.4. The van der Waals surface area contributed by atoms with E-state index in [1.54, 1.807) is 104 Å². The van der Waals surface area contributed by atoms with Crippen LogP contribution in [-0.2, 0) is 80.6 Å². The number of carbonyl (C=O) groups excluding carboxylic acids is 8. The smallest absolute Gasteiger partial charge is 0.338 e. The number of ether oxygens (including phenoxy) is 10. The lowest BCUT2D eigenvalue weighted by molar-refractivity contribution is -0.365. The summed E-state index contributed by atoms with van der Waals surface area (Å²) in [6, 6.07) is 18.8. The highest BCUT2D eigenvalue weighted by atomic mass is 28.4. The van der Waals surface area contributed by atoms with Crippen molar-refractivity contribution in [2.24, 2.45) is 33.5 Å². The minimum atomic E-state index is -2.47. The van der Waals surface area contributed by atoms with Gasteiger partial charge >= 0.3 is 47.8 Å². The van der Waals surface area contributed by atoms with Gasteiger partial charge in [-0.05, 0) is 78.5 Å². The van der Waals surface area contributed by atoms with Gasteiger partial charge in [0.15, 0.2) is 31.7 Å². The molecule has 20 atom stereocenters. The molecule has 2 aromatic carbocycles. The van der Waals surface area contributed by atoms with Gasteiger partial charge in [-0.2, -0.15) is 0 Å². The van der Waals surface area contributed by atoms with Gasteiger partial charge in [0, 0.05) is 88.9 Å². The molecule has 4 bridgehead atoms. The largest absolute Gasteiger partial charge is 0.458 e. The average molecular weight is 1380 g/mol. The van der Waals surface area contributed by atoms with Crippen molar-refractivity contribution in [2.45, 2.75) is 257 Å². The van der Waals surface area contributed by atoms with Gasteiger partial charge in [-0.25, -0.2) is 9.59 Å². The zero-order valence-electron chi connectivity index (χ0n) is 58.7. The van der Waals surface area contributed by atoms with Crippen molar-refractivity contribution in [3.63, 3.8) is 0 Å². The monoisotopic (exact) mass is 1370 g/mol. The van der Waals surface area contributed by atoms with Crippen molar-refractivity contribution < 1.29 is 116 Å². The second kappa shape index (κ2) is 26.9. The van der Waals surface area contributed by atoms with E-state index < -0.39 is 185 Å². The first-order valence-electron chi connectivity index (χ1n) is 33.6. The molecule has 16 unspecified atom stereocenters. The Hall–Kier alpha value is -6.42. The molecule has 2 heterocycles. The molecule has 97 heavy (non-hydrogen) atoms. The van der Waals surface area contributed by atoms with Gasteiger partial charge in [0.2, 0.25) is 0 Å². The number of hydrogen-bond acceptors (Lipinski definition) is 24. The summed E-state index contributed by atoms with van der Waals surface area (Å²) in [5, 5.41) is 64.1. The Labute approximate surface area is 567 Å². The van der Waals surface area contributed by atoms with Crippen LogP contribution in [-0.4, -0.2) is 190 Å². The summed E-state index contributed by atoms with van der Waals surface area (Å²) in [5.74, 6) is -8.06. The number of fused-ring (bicyclic) bond motifs is 10. The van der Waals surface area contributed by atoms with E-state index in [4.69, 9.17) is 51.8 Å². The molecular formula is C72H98O24Si. The van der Waals surface area contributed by atoms with Crippen LogP contribution < -0.4 is 0 Å². The first kappa shape index (κ1) is 74.8. The minimum Gasteiger partial charge on any atom is -0.458 e. The summed E-state index contributed by atoms with van der Waals surface area (Å²) in [4.78, 5) is 104. The lowest BCUT2D eigenvalue weighted by Crippen LogP contribution is -2.83. The predicted molar refractivity (Wildman–Crippen MR) is 347 cm³/mol. The molecule has 2 aliphatic heterocycles. The van der Waals surface area contributed by atoms with Crippen molar-refractivity contribution in [3.8, 4) is 0 Å². The van der Waals surface area contributed by atoms with E-state index in [9.17, 15) is 63.9 Å². The van der Waals surface area contributed by atoms with Gasteiger partial charge in [-0.3, -0.25) is 28.8 Å². The quantitative estimate of drug-likeness (QED) is 0.0515. The number of benzene rings is 2. The Bertz CT molecular complexity index is 3450. The predicted octanol–water partition coefficient (Wildman–Crippen LogP) is 7.06. The normalized spacial score (nSPS) is 38.1. The number of carbonyl (C=O) groups is 8. The van der Waals surface area contributed by atoms with Crippen LogP contribution in [0.2, 0.25) is 18.1 Å². The molecule has 4 saturated carbocycles.